The zero-order valence-corrected chi connectivity index (χ0v) is 20.3. The molecule has 0 aromatic heterocycles. The molecule has 0 aliphatic heterocycles. The maximum absolute atomic E-state index is 13.2. The lowest BCUT2D eigenvalue weighted by molar-refractivity contribution is -0.384. The van der Waals surface area contributed by atoms with Gasteiger partial charge in [-0.15, -0.1) is 0 Å². The van der Waals surface area contributed by atoms with Crippen LogP contribution in [0.15, 0.2) is 60.7 Å². The third-order valence-corrected chi connectivity index (χ3v) is 5.51. The molecule has 0 aliphatic carbocycles. The molecule has 3 aromatic rings. The second-order valence-corrected chi connectivity index (χ2v) is 8.49. The first-order chi connectivity index (χ1) is 16.5. The minimum absolute atomic E-state index is 0.0807. The van der Waals surface area contributed by atoms with Crippen molar-refractivity contribution in [2.75, 3.05) is 38.4 Å². The molecule has 3 rings (SSSR count). The fraction of sp³-hybridized carbons (Fsp3) is 0.160. The molecule has 0 fully saturated rings. The van der Waals surface area contributed by atoms with Crippen molar-refractivity contribution in [2.45, 2.75) is 0 Å². The molecule has 0 radical (unpaired) electrons. The van der Waals surface area contributed by atoms with E-state index in [4.69, 9.17) is 11.6 Å². The van der Waals surface area contributed by atoms with Gasteiger partial charge in [-0.05, 0) is 36.4 Å². The monoisotopic (exact) mass is 494 g/mol. The van der Waals surface area contributed by atoms with E-state index in [1.807, 2.05) is 0 Å². The van der Waals surface area contributed by atoms with Gasteiger partial charge in [-0.1, -0.05) is 29.8 Å². The number of anilines is 2. The Kier molecular flexibility index (Phi) is 7.51. The second kappa shape index (κ2) is 10.4. The summed E-state index contributed by atoms with van der Waals surface area (Å²) in [5.74, 6) is -1.39. The van der Waals surface area contributed by atoms with Crippen molar-refractivity contribution in [3.8, 4) is 0 Å². The molecule has 35 heavy (non-hydrogen) atoms. The average Bonchev–Trinajstić information content (AvgIpc) is 2.82. The molecule has 2 amide bonds. The quantitative estimate of drug-likeness (QED) is 0.294. The van der Waals surface area contributed by atoms with Crippen LogP contribution in [0.1, 0.15) is 36.6 Å². The van der Waals surface area contributed by atoms with Gasteiger partial charge >= 0.3 is 0 Å². The van der Waals surface area contributed by atoms with Gasteiger partial charge in [0.2, 0.25) is 0 Å². The molecule has 0 saturated carbocycles. The fourth-order valence-electron chi connectivity index (χ4n) is 3.43. The van der Waals surface area contributed by atoms with E-state index in [1.54, 1.807) is 45.2 Å². The van der Waals surface area contributed by atoms with Gasteiger partial charge in [-0.2, -0.15) is 0 Å². The number of rotatable bonds is 7. The Bertz CT molecular complexity index is 1340. The number of nitrogens with one attached hydrogen (secondary N) is 1. The SMILES string of the molecule is CN(C)C(=O)c1ccc(NC(=O)c2ccccc2C(=O)c2ccc(N(C)C)c([N+](=O)[O-])c2)cc1Cl. The normalized spacial score (nSPS) is 10.4. The molecule has 0 unspecified atom stereocenters. The van der Waals surface area contributed by atoms with E-state index in [1.165, 1.54) is 53.4 Å². The first-order valence-corrected chi connectivity index (χ1v) is 10.8. The largest absolute Gasteiger partial charge is 0.372 e. The van der Waals surface area contributed by atoms with E-state index < -0.39 is 16.6 Å². The molecule has 3 aromatic carbocycles. The van der Waals surface area contributed by atoms with Crippen molar-refractivity contribution in [3.05, 3.63) is 98.1 Å². The number of nitro benzene ring substituents is 1. The summed E-state index contributed by atoms with van der Waals surface area (Å²) < 4.78 is 0. The van der Waals surface area contributed by atoms with Gasteiger partial charge in [0, 0.05) is 51.1 Å². The van der Waals surface area contributed by atoms with Crippen LogP contribution in [0.2, 0.25) is 5.02 Å². The molecule has 0 spiro atoms. The second-order valence-electron chi connectivity index (χ2n) is 8.08. The highest BCUT2D eigenvalue weighted by Gasteiger charge is 2.23. The van der Waals surface area contributed by atoms with Gasteiger partial charge in [-0.3, -0.25) is 24.5 Å². The van der Waals surface area contributed by atoms with Crippen molar-refractivity contribution in [3.63, 3.8) is 0 Å². The summed E-state index contributed by atoms with van der Waals surface area (Å²) >= 11 is 6.22. The van der Waals surface area contributed by atoms with E-state index in [0.717, 1.165) is 0 Å². The number of benzene rings is 3. The van der Waals surface area contributed by atoms with Gasteiger partial charge in [0.1, 0.15) is 5.69 Å². The molecule has 0 heterocycles. The van der Waals surface area contributed by atoms with Gasteiger partial charge in [0.15, 0.2) is 5.78 Å². The van der Waals surface area contributed by atoms with Crippen molar-refractivity contribution in [1.82, 2.24) is 4.90 Å². The molecule has 0 saturated heterocycles. The number of hydrogen-bond acceptors (Lipinski definition) is 6. The van der Waals surface area contributed by atoms with Gasteiger partial charge < -0.3 is 15.1 Å². The zero-order chi connectivity index (χ0) is 25.9. The Morgan fingerprint density at radius 2 is 1.54 bits per heavy atom. The third-order valence-electron chi connectivity index (χ3n) is 5.20. The minimum atomic E-state index is -0.573. The highest BCUT2D eigenvalue weighted by molar-refractivity contribution is 6.34. The van der Waals surface area contributed by atoms with Crippen LogP contribution in [0, 0.1) is 10.1 Å². The summed E-state index contributed by atoms with van der Waals surface area (Å²) in [5, 5.41) is 14.4. The van der Waals surface area contributed by atoms with Crippen LogP contribution in [-0.2, 0) is 0 Å². The van der Waals surface area contributed by atoms with Crippen LogP contribution in [0.25, 0.3) is 0 Å². The summed E-state index contributed by atoms with van der Waals surface area (Å²) in [7, 11) is 6.53. The van der Waals surface area contributed by atoms with Crippen molar-refractivity contribution >= 4 is 46.3 Å². The first kappa shape index (κ1) is 25.4. The Morgan fingerprint density at radius 1 is 0.886 bits per heavy atom. The molecule has 1 N–H and O–H groups in total. The molecule has 0 aliphatic rings. The Hall–Kier alpha value is -4.24. The fourth-order valence-corrected chi connectivity index (χ4v) is 3.69. The predicted molar refractivity (Wildman–Crippen MR) is 135 cm³/mol. The van der Waals surface area contributed by atoms with Crippen LogP contribution in [0.4, 0.5) is 17.1 Å². The zero-order valence-electron chi connectivity index (χ0n) is 19.5. The van der Waals surface area contributed by atoms with Gasteiger partial charge in [0.25, 0.3) is 17.5 Å². The Labute approximate surface area is 207 Å². The number of carbonyl (C=O) groups excluding carboxylic acids is 3. The summed E-state index contributed by atoms with van der Waals surface area (Å²) in [6.07, 6.45) is 0. The molecule has 0 atom stereocenters. The Balaban J connectivity index is 1.92. The predicted octanol–water partition coefficient (Wildman–Crippen LogP) is 4.50. The maximum atomic E-state index is 13.2. The van der Waals surface area contributed by atoms with Crippen LogP contribution >= 0.6 is 11.6 Å². The first-order valence-electron chi connectivity index (χ1n) is 10.4. The number of amides is 2. The van der Waals surface area contributed by atoms with Crippen LogP contribution < -0.4 is 10.2 Å². The lowest BCUT2D eigenvalue weighted by Gasteiger charge is -2.14. The topological polar surface area (TPSA) is 113 Å². The lowest BCUT2D eigenvalue weighted by atomic mass is 9.97. The number of nitrogens with zero attached hydrogens (tertiary/aromatic N) is 3. The number of ketones is 1. The van der Waals surface area contributed by atoms with E-state index in [0.29, 0.717) is 11.4 Å². The standard InChI is InChI=1S/C25H23ClN4O5/c1-28(2)21-12-9-15(13-22(21)30(34)35)23(31)17-7-5-6-8-18(17)24(32)27-16-10-11-19(20(26)14-16)25(33)29(3)4/h5-14H,1-4H3,(H,27,32). The molecular formula is C25H23ClN4O5. The minimum Gasteiger partial charge on any atom is -0.372 e. The molecular weight excluding hydrogens is 472 g/mol. The highest BCUT2D eigenvalue weighted by Crippen LogP contribution is 2.29. The molecule has 9 nitrogen and oxygen atoms in total. The molecule has 10 heteroatoms. The number of carbonyl (C=O) groups is 3. The van der Waals surface area contributed by atoms with E-state index >= 15 is 0 Å². The molecule has 180 valence electrons. The van der Waals surface area contributed by atoms with Gasteiger partial charge in [0.05, 0.1) is 21.1 Å². The van der Waals surface area contributed by atoms with E-state index in [-0.39, 0.29) is 38.9 Å². The number of nitro groups is 1. The van der Waals surface area contributed by atoms with Crippen molar-refractivity contribution in [2.24, 2.45) is 0 Å². The van der Waals surface area contributed by atoms with Crippen molar-refractivity contribution < 1.29 is 19.3 Å². The summed E-state index contributed by atoms with van der Waals surface area (Å²) in [6, 6.07) is 14.8. The summed E-state index contributed by atoms with van der Waals surface area (Å²) in [5.41, 5.74) is 1.01. The van der Waals surface area contributed by atoms with Gasteiger partial charge in [-0.25, -0.2) is 0 Å². The maximum Gasteiger partial charge on any atom is 0.293 e. The Morgan fingerprint density at radius 3 is 2.11 bits per heavy atom. The van der Waals surface area contributed by atoms with Crippen LogP contribution in [0.5, 0.6) is 0 Å². The lowest BCUT2D eigenvalue weighted by Crippen LogP contribution is -2.22. The number of halogens is 1. The summed E-state index contributed by atoms with van der Waals surface area (Å²) in [4.78, 5) is 52.4. The van der Waals surface area contributed by atoms with E-state index in [9.17, 15) is 24.5 Å². The van der Waals surface area contributed by atoms with E-state index in [2.05, 4.69) is 5.32 Å². The van der Waals surface area contributed by atoms with Crippen LogP contribution in [-0.4, -0.2) is 55.6 Å². The van der Waals surface area contributed by atoms with Crippen molar-refractivity contribution in [1.29, 1.82) is 0 Å². The highest BCUT2D eigenvalue weighted by atomic mass is 35.5. The number of hydrogen-bond donors (Lipinski definition) is 1. The third kappa shape index (κ3) is 5.47. The molecule has 0 bridgehead atoms. The van der Waals surface area contributed by atoms with Crippen LogP contribution in [0.3, 0.4) is 0 Å². The smallest absolute Gasteiger partial charge is 0.293 e. The average molecular weight is 495 g/mol. The summed E-state index contributed by atoms with van der Waals surface area (Å²) in [6.45, 7) is 0.